The Balaban J connectivity index is 3.08. The third-order valence-electron chi connectivity index (χ3n) is 4.48. The summed E-state index contributed by atoms with van der Waals surface area (Å²) < 4.78 is 11.5. The average molecular weight is 244 g/mol. The maximum absolute atomic E-state index is 10.9. The van der Waals surface area contributed by atoms with Crippen LogP contribution in [0.15, 0.2) is 0 Å². The lowest BCUT2D eigenvalue weighted by Crippen LogP contribution is -2.58. The third kappa shape index (κ3) is 2.51. The van der Waals surface area contributed by atoms with E-state index < -0.39 is 11.2 Å². The molecule has 102 valence electrons. The zero-order valence-electron chi connectivity index (χ0n) is 12.5. The highest BCUT2D eigenvalue weighted by Gasteiger charge is 2.58. The van der Waals surface area contributed by atoms with Gasteiger partial charge in [0.2, 0.25) is 0 Å². The molecule has 0 spiro atoms. The Labute approximate surface area is 105 Å². The van der Waals surface area contributed by atoms with E-state index >= 15 is 0 Å². The summed E-state index contributed by atoms with van der Waals surface area (Å²) in [5.41, 5.74) is -2.07. The van der Waals surface area contributed by atoms with Gasteiger partial charge in [0.1, 0.15) is 0 Å². The summed E-state index contributed by atoms with van der Waals surface area (Å²) in [6.07, 6.45) is 0.833. The van der Waals surface area contributed by atoms with Crippen molar-refractivity contribution in [1.82, 2.24) is 0 Å². The van der Waals surface area contributed by atoms with Gasteiger partial charge in [-0.25, -0.2) is 0 Å². The summed E-state index contributed by atoms with van der Waals surface area (Å²) in [7, 11) is 1.64. The molecule has 1 aliphatic rings. The molecule has 17 heavy (non-hydrogen) atoms. The van der Waals surface area contributed by atoms with Gasteiger partial charge in [0.05, 0.1) is 22.4 Å². The van der Waals surface area contributed by atoms with Gasteiger partial charge in [-0.2, -0.15) is 0 Å². The van der Waals surface area contributed by atoms with E-state index in [1.807, 2.05) is 34.6 Å². The Morgan fingerprint density at radius 2 is 1.65 bits per heavy atom. The Morgan fingerprint density at radius 3 is 1.94 bits per heavy atom. The summed E-state index contributed by atoms with van der Waals surface area (Å²) in [5.74, 6) is 0.0416. The lowest BCUT2D eigenvalue weighted by atomic mass is 9.68. The van der Waals surface area contributed by atoms with E-state index in [2.05, 4.69) is 13.8 Å². The minimum absolute atomic E-state index is 0.0416. The van der Waals surface area contributed by atoms with Crippen LogP contribution < -0.4 is 0 Å². The highest BCUT2D eigenvalue weighted by Crippen LogP contribution is 2.50. The van der Waals surface area contributed by atoms with Crippen molar-refractivity contribution in [2.75, 3.05) is 7.11 Å². The predicted molar refractivity (Wildman–Crippen MR) is 69.1 cm³/mol. The van der Waals surface area contributed by atoms with Crippen molar-refractivity contribution in [3.05, 3.63) is 0 Å². The summed E-state index contributed by atoms with van der Waals surface area (Å²) >= 11 is 0. The lowest BCUT2D eigenvalue weighted by Gasteiger charge is -2.46. The van der Waals surface area contributed by atoms with Crippen LogP contribution >= 0.6 is 0 Å². The fourth-order valence-corrected chi connectivity index (χ4v) is 3.06. The van der Waals surface area contributed by atoms with Gasteiger partial charge in [-0.3, -0.25) is 0 Å². The third-order valence-corrected chi connectivity index (χ3v) is 4.48. The number of hydrogen-bond acceptors (Lipinski definition) is 3. The van der Waals surface area contributed by atoms with Crippen molar-refractivity contribution >= 4 is 0 Å². The van der Waals surface area contributed by atoms with Crippen LogP contribution in [0, 0.1) is 5.92 Å². The Morgan fingerprint density at radius 1 is 1.18 bits per heavy atom. The molecule has 0 aromatic heterocycles. The van der Waals surface area contributed by atoms with E-state index in [1.165, 1.54) is 0 Å². The number of ether oxygens (including phenoxy) is 2. The molecule has 1 aliphatic heterocycles. The minimum atomic E-state index is -0.932. The average Bonchev–Trinajstić information content (AvgIpc) is 2.34. The van der Waals surface area contributed by atoms with Crippen LogP contribution in [0.2, 0.25) is 0 Å². The summed E-state index contributed by atoms with van der Waals surface area (Å²) in [6.45, 7) is 13.9. The number of rotatable bonds is 3. The van der Waals surface area contributed by atoms with Crippen molar-refractivity contribution in [2.24, 2.45) is 5.92 Å². The molecule has 0 aliphatic carbocycles. The molecule has 0 radical (unpaired) electrons. The monoisotopic (exact) mass is 244 g/mol. The van der Waals surface area contributed by atoms with E-state index in [4.69, 9.17) is 9.47 Å². The summed E-state index contributed by atoms with van der Waals surface area (Å²) in [6, 6.07) is 0. The second-order valence-electron chi connectivity index (χ2n) is 7.08. The first-order valence-corrected chi connectivity index (χ1v) is 6.33. The summed E-state index contributed by atoms with van der Waals surface area (Å²) in [4.78, 5) is 0. The van der Waals surface area contributed by atoms with Gasteiger partial charge in [-0.1, -0.05) is 0 Å². The molecule has 1 rings (SSSR count). The van der Waals surface area contributed by atoms with Gasteiger partial charge >= 0.3 is 0 Å². The van der Waals surface area contributed by atoms with E-state index in [0.29, 0.717) is 0 Å². The van der Waals surface area contributed by atoms with Crippen LogP contribution in [-0.4, -0.2) is 34.6 Å². The highest BCUT2D eigenvalue weighted by molar-refractivity contribution is 5.08. The van der Waals surface area contributed by atoms with Gasteiger partial charge in [-0.05, 0) is 54.9 Å². The largest absolute Gasteiger partial charge is 0.387 e. The van der Waals surface area contributed by atoms with Crippen LogP contribution in [0.4, 0.5) is 0 Å². The minimum Gasteiger partial charge on any atom is -0.387 e. The normalized spacial score (nSPS) is 31.2. The van der Waals surface area contributed by atoms with Crippen molar-refractivity contribution in [3.63, 3.8) is 0 Å². The molecule has 1 fully saturated rings. The van der Waals surface area contributed by atoms with Crippen molar-refractivity contribution in [1.29, 1.82) is 0 Å². The fraction of sp³-hybridized carbons (Fsp3) is 1.00. The van der Waals surface area contributed by atoms with E-state index in [9.17, 15) is 5.11 Å². The maximum Gasteiger partial charge on any atom is 0.0958 e. The van der Waals surface area contributed by atoms with Gasteiger partial charge in [0.15, 0.2) is 0 Å². The Hall–Kier alpha value is -0.120. The predicted octanol–water partition coefficient (Wildman–Crippen LogP) is 2.76. The van der Waals surface area contributed by atoms with Gasteiger partial charge < -0.3 is 14.6 Å². The molecule has 3 heteroatoms. The topological polar surface area (TPSA) is 38.7 Å². The standard InChI is InChI=1S/C14H28O3/c1-11(2)9-10(12(3,4)17-11)14(7,15)13(5,6)16-8/h10,15H,9H2,1-8H3. The van der Waals surface area contributed by atoms with Crippen molar-refractivity contribution in [2.45, 2.75) is 77.3 Å². The van der Waals surface area contributed by atoms with Gasteiger partial charge in [0.25, 0.3) is 0 Å². The SMILES string of the molecule is COC(C)(C)C(C)(O)C1CC(C)(C)OC1(C)C. The molecule has 1 heterocycles. The first-order chi connectivity index (χ1) is 7.36. The van der Waals surface area contributed by atoms with E-state index in [1.54, 1.807) is 7.11 Å². The molecule has 0 aromatic rings. The van der Waals surface area contributed by atoms with Crippen molar-refractivity contribution in [3.8, 4) is 0 Å². The van der Waals surface area contributed by atoms with Crippen LogP contribution in [0.3, 0.4) is 0 Å². The first-order valence-electron chi connectivity index (χ1n) is 6.33. The summed E-state index contributed by atoms with van der Waals surface area (Å²) in [5, 5.41) is 10.9. The Kier molecular flexibility index (Phi) is 3.46. The molecular formula is C14H28O3. The number of methoxy groups -OCH3 is 1. The highest BCUT2D eigenvalue weighted by atomic mass is 16.5. The van der Waals surface area contributed by atoms with Crippen LogP contribution in [0.5, 0.6) is 0 Å². The molecule has 3 nitrogen and oxygen atoms in total. The second-order valence-corrected chi connectivity index (χ2v) is 7.08. The fourth-order valence-electron chi connectivity index (χ4n) is 3.06. The lowest BCUT2D eigenvalue weighted by molar-refractivity contribution is -0.192. The number of hydrogen-bond donors (Lipinski definition) is 1. The van der Waals surface area contributed by atoms with Crippen LogP contribution in [0.1, 0.15) is 54.9 Å². The zero-order valence-corrected chi connectivity index (χ0v) is 12.5. The van der Waals surface area contributed by atoms with Crippen molar-refractivity contribution < 1.29 is 14.6 Å². The number of aliphatic hydroxyl groups is 1. The quantitative estimate of drug-likeness (QED) is 0.829. The molecule has 1 saturated heterocycles. The molecule has 2 unspecified atom stereocenters. The van der Waals surface area contributed by atoms with E-state index in [-0.39, 0.29) is 17.1 Å². The van der Waals surface area contributed by atoms with Gasteiger partial charge in [0, 0.05) is 13.0 Å². The van der Waals surface area contributed by atoms with Crippen LogP contribution in [-0.2, 0) is 9.47 Å². The molecular weight excluding hydrogens is 216 g/mol. The molecule has 0 bridgehead atoms. The molecule has 2 atom stereocenters. The zero-order chi connectivity index (χ0) is 13.7. The molecule has 0 aromatic carbocycles. The van der Waals surface area contributed by atoms with Gasteiger partial charge in [-0.15, -0.1) is 0 Å². The van der Waals surface area contributed by atoms with E-state index in [0.717, 1.165) is 6.42 Å². The van der Waals surface area contributed by atoms with Crippen LogP contribution in [0.25, 0.3) is 0 Å². The smallest absolute Gasteiger partial charge is 0.0958 e. The second kappa shape index (κ2) is 3.94. The molecule has 1 N–H and O–H groups in total. The first kappa shape index (κ1) is 14.9. The Bertz CT molecular complexity index is 290. The molecule has 0 amide bonds. The molecule has 0 saturated carbocycles. The maximum atomic E-state index is 10.9.